The Bertz CT molecular complexity index is 1160. The number of nitrogens with two attached hydrogens (primary N) is 1. The predicted octanol–water partition coefficient (Wildman–Crippen LogP) is 15.5. The molecule has 0 saturated carbocycles. The standard InChI is InChI=1S/C52H94NO7P/c1-3-5-7-9-11-13-15-17-19-21-22-23-24-25-26-27-28-29-30-32-34-36-38-40-42-44-47-57-49-51(50-59-61(55,56)58-48-46-53)60-52(54)45-43-41-39-37-35-33-31-20-18-16-14-12-10-8-6-4-2/h5,7,11,13-14,16-17,19-20,22-23,31,51H,3-4,6,8-10,12,15,18,21,24-30,32-50,53H2,1-2H3,(H,55,56)/b7-5-,13-11-,16-14-,19-17-,23-22-,31-20-. The molecule has 0 rings (SSSR count). The monoisotopic (exact) mass is 876 g/mol. The highest BCUT2D eigenvalue weighted by Gasteiger charge is 2.25. The van der Waals surface area contributed by atoms with Gasteiger partial charge < -0.3 is 20.1 Å². The number of hydrogen-bond acceptors (Lipinski definition) is 7. The summed E-state index contributed by atoms with van der Waals surface area (Å²) >= 11 is 0. The lowest BCUT2D eigenvalue weighted by Crippen LogP contribution is -2.28. The van der Waals surface area contributed by atoms with Crippen LogP contribution >= 0.6 is 7.82 Å². The quantitative estimate of drug-likeness (QED) is 0.0269. The minimum atomic E-state index is -4.29. The fraction of sp³-hybridized carbons (Fsp3) is 0.750. The molecule has 0 aromatic carbocycles. The van der Waals surface area contributed by atoms with Crippen molar-refractivity contribution in [1.29, 1.82) is 0 Å². The summed E-state index contributed by atoms with van der Waals surface area (Å²) in [7, 11) is -4.29. The first kappa shape index (κ1) is 58.9. The molecule has 0 fully saturated rings. The van der Waals surface area contributed by atoms with Crippen molar-refractivity contribution in [3.63, 3.8) is 0 Å². The summed E-state index contributed by atoms with van der Waals surface area (Å²) in [5, 5.41) is 0. The molecule has 2 unspecified atom stereocenters. The van der Waals surface area contributed by atoms with Gasteiger partial charge in [-0.25, -0.2) is 4.57 Å². The van der Waals surface area contributed by atoms with Gasteiger partial charge in [-0.15, -0.1) is 0 Å². The van der Waals surface area contributed by atoms with Crippen molar-refractivity contribution in [2.24, 2.45) is 5.73 Å². The Kier molecular flexibility index (Phi) is 47.3. The van der Waals surface area contributed by atoms with E-state index in [0.29, 0.717) is 13.0 Å². The molecule has 0 aromatic heterocycles. The van der Waals surface area contributed by atoms with Crippen LogP contribution in [0, 0.1) is 0 Å². The predicted molar refractivity (Wildman–Crippen MR) is 261 cm³/mol. The highest BCUT2D eigenvalue weighted by Crippen LogP contribution is 2.43. The van der Waals surface area contributed by atoms with Crippen molar-refractivity contribution in [2.75, 3.05) is 33.0 Å². The zero-order chi connectivity index (χ0) is 44.4. The van der Waals surface area contributed by atoms with Gasteiger partial charge >= 0.3 is 13.8 Å². The van der Waals surface area contributed by atoms with Crippen molar-refractivity contribution >= 4 is 13.8 Å². The molecular weight excluding hydrogens is 782 g/mol. The Balaban J connectivity index is 3.94. The first-order chi connectivity index (χ1) is 29.9. The van der Waals surface area contributed by atoms with Crippen molar-refractivity contribution in [2.45, 2.75) is 219 Å². The third kappa shape index (κ3) is 48.8. The number of phosphoric ester groups is 1. The number of allylic oxidation sites excluding steroid dienone is 12. The molecule has 8 nitrogen and oxygen atoms in total. The summed E-state index contributed by atoms with van der Waals surface area (Å²) in [4.78, 5) is 22.5. The van der Waals surface area contributed by atoms with Crippen molar-refractivity contribution < 1.29 is 32.8 Å². The lowest BCUT2D eigenvalue weighted by molar-refractivity contribution is -0.154. The first-order valence-corrected chi connectivity index (χ1v) is 26.4. The van der Waals surface area contributed by atoms with E-state index in [4.69, 9.17) is 24.3 Å². The Morgan fingerprint density at radius 1 is 0.508 bits per heavy atom. The van der Waals surface area contributed by atoms with E-state index in [0.717, 1.165) is 83.5 Å². The summed E-state index contributed by atoms with van der Waals surface area (Å²) in [6.07, 6.45) is 62.2. The van der Waals surface area contributed by atoms with E-state index >= 15 is 0 Å². The summed E-state index contributed by atoms with van der Waals surface area (Å²) < 4.78 is 33.5. The molecule has 3 N–H and O–H groups in total. The molecular formula is C52H94NO7P. The number of esters is 1. The van der Waals surface area contributed by atoms with Gasteiger partial charge in [0.05, 0.1) is 19.8 Å². The van der Waals surface area contributed by atoms with Crippen LogP contribution < -0.4 is 5.73 Å². The molecule has 2 atom stereocenters. The second-order valence-corrected chi connectivity index (χ2v) is 17.7. The zero-order valence-electron chi connectivity index (χ0n) is 39.4. The molecule has 0 amide bonds. The second kappa shape index (κ2) is 49.0. The van der Waals surface area contributed by atoms with Crippen molar-refractivity contribution in [3.8, 4) is 0 Å². The maximum atomic E-state index is 12.6. The van der Waals surface area contributed by atoms with E-state index in [1.54, 1.807) is 0 Å². The maximum absolute atomic E-state index is 12.6. The third-order valence-electron chi connectivity index (χ3n) is 10.4. The number of carbonyl (C=O) groups excluding carboxylic acids is 1. The summed E-state index contributed by atoms with van der Waals surface area (Å²) in [5.41, 5.74) is 5.38. The molecule has 354 valence electrons. The minimum absolute atomic E-state index is 0.0953. The Morgan fingerprint density at radius 2 is 0.918 bits per heavy atom. The Morgan fingerprint density at radius 3 is 1.38 bits per heavy atom. The van der Waals surface area contributed by atoms with Gasteiger partial charge in [0.15, 0.2) is 0 Å². The van der Waals surface area contributed by atoms with Crippen LogP contribution in [0.15, 0.2) is 72.9 Å². The van der Waals surface area contributed by atoms with Gasteiger partial charge in [0.2, 0.25) is 0 Å². The van der Waals surface area contributed by atoms with E-state index in [1.807, 2.05) is 0 Å². The van der Waals surface area contributed by atoms with E-state index in [2.05, 4.69) is 86.8 Å². The average molecular weight is 876 g/mol. The van der Waals surface area contributed by atoms with Crippen LogP contribution in [0.2, 0.25) is 0 Å². The van der Waals surface area contributed by atoms with Gasteiger partial charge in [0.1, 0.15) is 6.10 Å². The number of carbonyl (C=O) groups is 1. The third-order valence-corrected chi connectivity index (χ3v) is 11.3. The summed E-state index contributed by atoms with van der Waals surface area (Å²) in [6, 6.07) is 0. The highest BCUT2D eigenvalue weighted by atomic mass is 31.2. The zero-order valence-corrected chi connectivity index (χ0v) is 40.3. The fourth-order valence-electron chi connectivity index (χ4n) is 6.72. The van der Waals surface area contributed by atoms with Gasteiger partial charge in [-0.1, -0.05) is 196 Å². The molecule has 0 aliphatic rings. The molecule has 0 bridgehead atoms. The van der Waals surface area contributed by atoms with E-state index in [9.17, 15) is 14.3 Å². The fourth-order valence-corrected chi connectivity index (χ4v) is 7.49. The van der Waals surface area contributed by atoms with Crippen LogP contribution in [-0.4, -0.2) is 49.9 Å². The van der Waals surface area contributed by atoms with Gasteiger partial charge in [0, 0.05) is 19.6 Å². The highest BCUT2D eigenvalue weighted by molar-refractivity contribution is 7.47. The van der Waals surface area contributed by atoms with Crippen LogP contribution in [0.3, 0.4) is 0 Å². The molecule has 9 heteroatoms. The lowest BCUT2D eigenvalue weighted by atomic mass is 10.0. The van der Waals surface area contributed by atoms with Crippen LogP contribution in [0.1, 0.15) is 213 Å². The molecule has 0 aromatic rings. The molecule has 0 saturated heterocycles. The van der Waals surface area contributed by atoms with Crippen molar-refractivity contribution in [1.82, 2.24) is 0 Å². The van der Waals surface area contributed by atoms with Gasteiger partial charge in [-0.2, -0.15) is 0 Å². The molecule has 0 radical (unpaired) electrons. The number of unbranched alkanes of at least 4 members (excludes halogenated alkanes) is 22. The summed E-state index contributed by atoms with van der Waals surface area (Å²) in [5.74, 6) is -0.345. The lowest BCUT2D eigenvalue weighted by Gasteiger charge is -2.20. The molecule has 0 heterocycles. The van der Waals surface area contributed by atoms with Gasteiger partial charge in [-0.3, -0.25) is 13.8 Å². The van der Waals surface area contributed by atoms with Crippen LogP contribution in [0.4, 0.5) is 0 Å². The smallest absolute Gasteiger partial charge is 0.457 e. The van der Waals surface area contributed by atoms with Crippen LogP contribution in [0.25, 0.3) is 0 Å². The Hall–Kier alpha value is -2.06. The van der Waals surface area contributed by atoms with Crippen LogP contribution in [0.5, 0.6) is 0 Å². The summed E-state index contributed by atoms with van der Waals surface area (Å²) in [6.45, 7) is 4.78. The molecule has 0 aliphatic carbocycles. The topological polar surface area (TPSA) is 117 Å². The molecule has 0 aliphatic heterocycles. The van der Waals surface area contributed by atoms with Gasteiger partial charge in [-0.05, 0) is 83.5 Å². The normalized spacial score (nSPS) is 14.0. The average Bonchev–Trinajstić information content (AvgIpc) is 3.25. The first-order valence-electron chi connectivity index (χ1n) is 24.9. The van der Waals surface area contributed by atoms with Gasteiger partial charge in [0.25, 0.3) is 0 Å². The molecule has 0 spiro atoms. The number of rotatable bonds is 47. The van der Waals surface area contributed by atoms with Crippen LogP contribution in [-0.2, 0) is 27.9 Å². The van der Waals surface area contributed by atoms with E-state index < -0.39 is 13.9 Å². The minimum Gasteiger partial charge on any atom is -0.457 e. The SMILES string of the molecule is CC/C=C\C/C=C\C/C=C\C/C=C\CCCCCCCCCCCCCCCOCC(COP(=O)(O)OCCN)OC(=O)CCCCCCC/C=C\C/C=C\CCCCCC. The number of hydrogen-bond donors (Lipinski definition) is 2. The number of ether oxygens (including phenoxy) is 2. The second-order valence-electron chi connectivity index (χ2n) is 16.3. The molecule has 61 heavy (non-hydrogen) atoms. The number of phosphoric acid groups is 1. The Labute approximate surface area is 376 Å². The maximum Gasteiger partial charge on any atom is 0.472 e. The van der Waals surface area contributed by atoms with E-state index in [1.165, 1.54) is 109 Å². The largest absolute Gasteiger partial charge is 0.472 e. The van der Waals surface area contributed by atoms with E-state index in [-0.39, 0.29) is 32.3 Å². The van der Waals surface area contributed by atoms with Crippen molar-refractivity contribution in [3.05, 3.63) is 72.9 Å².